The van der Waals surface area contributed by atoms with Crippen molar-refractivity contribution in [2.24, 2.45) is 0 Å². The van der Waals surface area contributed by atoms with Crippen LogP contribution in [0.2, 0.25) is 0 Å². The Balaban J connectivity index is 2.26. The third-order valence-electron chi connectivity index (χ3n) is 5.30. The number of aliphatic hydroxyl groups is 1. The minimum Gasteiger partial charge on any atom is -0.394 e. The molecule has 6 heteroatoms. The zero-order valence-corrected chi connectivity index (χ0v) is 15.1. The van der Waals surface area contributed by atoms with Gasteiger partial charge in [-0.3, -0.25) is 4.68 Å². The van der Waals surface area contributed by atoms with E-state index in [-0.39, 0.29) is 6.61 Å². The second-order valence-corrected chi connectivity index (χ2v) is 6.84. The molecular weight excluding hydrogens is 314 g/mol. The van der Waals surface area contributed by atoms with Crippen LogP contribution in [0.15, 0.2) is 0 Å². The van der Waals surface area contributed by atoms with E-state index in [9.17, 15) is 10.4 Å². The molecule has 0 bridgehead atoms. The number of aromatic nitrogens is 3. The molecule has 1 aliphatic rings. The van der Waals surface area contributed by atoms with Gasteiger partial charge in [-0.15, -0.1) is 0 Å². The molecule has 0 aliphatic heterocycles. The molecule has 2 heterocycles. The highest BCUT2D eigenvalue weighted by Gasteiger charge is 2.27. The summed E-state index contributed by atoms with van der Waals surface area (Å²) in [6.45, 7) is 6.40. The van der Waals surface area contributed by atoms with Crippen LogP contribution in [0.25, 0.3) is 11.1 Å². The van der Waals surface area contributed by atoms with Crippen LogP contribution in [0, 0.1) is 32.1 Å². The standard InChI is InChI=1S/C19H25N5O/c1-11-16(17-12(2)23-24(8-9-25)13(17)3)15(10-20)19(21)22-18(11)14-6-4-5-7-14/h14,25H,4-9H2,1-3H3,(H2,21,22). The predicted molar refractivity (Wildman–Crippen MR) is 97.1 cm³/mol. The van der Waals surface area contributed by atoms with Crippen LogP contribution in [0.4, 0.5) is 5.82 Å². The Morgan fingerprint density at radius 3 is 2.52 bits per heavy atom. The molecule has 1 fully saturated rings. The Morgan fingerprint density at radius 2 is 1.92 bits per heavy atom. The normalized spacial score (nSPS) is 14.8. The second kappa shape index (κ2) is 6.85. The molecule has 0 atom stereocenters. The van der Waals surface area contributed by atoms with Crippen molar-refractivity contribution in [1.29, 1.82) is 5.26 Å². The molecule has 2 aromatic heterocycles. The smallest absolute Gasteiger partial charge is 0.142 e. The summed E-state index contributed by atoms with van der Waals surface area (Å²) in [4.78, 5) is 4.60. The fraction of sp³-hybridized carbons (Fsp3) is 0.526. The average molecular weight is 339 g/mol. The minimum absolute atomic E-state index is 0.0251. The van der Waals surface area contributed by atoms with Crippen LogP contribution in [0.1, 0.15) is 59.8 Å². The zero-order valence-electron chi connectivity index (χ0n) is 15.1. The van der Waals surface area contributed by atoms with E-state index in [0.29, 0.717) is 23.8 Å². The predicted octanol–water partition coefficient (Wildman–Crippen LogP) is 2.97. The monoisotopic (exact) mass is 339 g/mol. The lowest BCUT2D eigenvalue weighted by Gasteiger charge is -2.18. The number of nitrogen functional groups attached to an aromatic ring is 1. The fourth-order valence-electron chi connectivity index (χ4n) is 4.11. The summed E-state index contributed by atoms with van der Waals surface area (Å²) in [5, 5.41) is 23.5. The van der Waals surface area contributed by atoms with Gasteiger partial charge in [0.15, 0.2) is 0 Å². The fourth-order valence-corrected chi connectivity index (χ4v) is 4.11. The number of anilines is 1. The lowest BCUT2D eigenvalue weighted by molar-refractivity contribution is 0.268. The maximum absolute atomic E-state index is 9.70. The number of rotatable bonds is 4. The van der Waals surface area contributed by atoms with Gasteiger partial charge >= 0.3 is 0 Å². The van der Waals surface area contributed by atoms with E-state index >= 15 is 0 Å². The molecule has 0 radical (unpaired) electrons. The van der Waals surface area contributed by atoms with E-state index in [1.807, 2.05) is 20.8 Å². The van der Waals surface area contributed by atoms with Crippen molar-refractivity contribution in [3.05, 3.63) is 28.2 Å². The van der Waals surface area contributed by atoms with Crippen LogP contribution in [0.3, 0.4) is 0 Å². The summed E-state index contributed by atoms with van der Waals surface area (Å²) >= 11 is 0. The Hall–Kier alpha value is -2.39. The van der Waals surface area contributed by atoms with Crippen molar-refractivity contribution in [2.75, 3.05) is 12.3 Å². The van der Waals surface area contributed by atoms with Crippen LogP contribution in [-0.2, 0) is 6.54 Å². The van der Waals surface area contributed by atoms with E-state index in [4.69, 9.17) is 5.73 Å². The molecule has 6 nitrogen and oxygen atoms in total. The van der Waals surface area contributed by atoms with Gasteiger partial charge in [-0.2, -0.15) is 10.4 Å². The van der Waals surface area contributed by atoms with Gasteiger partial charge in [-0.1, -0.05) is 12.8 Å². The van der Waals surface area contributed by atoms with E-state index in [2.05, 4.69) is 16.2 Å². The summed E-state index contributed by atoms with van der Waals surface area (Å²) in [5.41, 5.74) is 12.2. The quantitative estimate of drug-likeness (QED) is 0.892. The van der Waals surface area contributed by atoms with Crippen molar-refractivity contribution in [2.45, 2.75) is 58.9 Å². The maximum Gasteiger partial charge on any atom is 0.142 e. The lowest BCUT2D eigenvalue weighted by Crippen LogP contribution is -2.09. The molecular formula is C19H25N5O. The van der Waals surface area contributed by atoms with Crippen LogP contribution < -0.4 is 5.73 Å². The average Bonchev–Trinajstić information content (AvgIpc) is 3.19. The molecule has 2 aromatic rings. The topological polar surface area (TPSA) is 101 Å². The Kier molecular flexibility index (Phi) is 4.78. The first-order chi connectivity index (χ1) is 12.0. The molecule has 0 saturated heterocycles. The Labute approximate surface area is 148 Å². The number of aryl methyl sites for hydroxylation is 1. The minimum atomic E-state index is 0.0251. The van der Waals surface area contributed by atoms with Crippen LogP contribution >= 0.6 is 0 Å². The van der Waals surface area contributed by atoms with Crippen LogP contribution in [-0.4, -0.2) is 26.5 Å². The van der Waals surface area contributed by atoms with Gasteiger partial charge in [0.2, 0.25) is 0 Å². The number of hydrogen-bond acceptors (Lipinski definition) is 5. The van der Waals surface area contributed by atoms with Gasteiger partial charge < -0.3 is 10.8 Å². The van der Waals surface area contributed by atoms with Crippen molar-refractivity contribution >= 4 is 5.82 Å². The first-order valence-electron chi connectivity index (χ1n) is 8.84. The molecule has 1 saturated carbocycles. The van der Waals surface area contributed by atoms with Gasteiger partial charge in [0.25, 0.3) is 0 Å². The molecule has 25 heavy (non-hydrogen) atoms. The van der Waals surface area contributed by atoms with Gasteiger partial charge in [0.1, 0.15) is 17.5 Å². The number of nitrogens with two attached hydrogens (primary N) is 1. The molecule has 0 spiro atoms. The highest BCUT2D eigenvalue weighted by molar-refractivity contribution is 5.81. The number of hydrogen-bond donors (Lipinski definition) is 2. The number of pyridine rings is 1. The zero-order chi connectivity index (χ0) is 18.1. The van der Waals surface area contributed by atoms with E-state index in [1.54, 1.807) is 4.68 Å². The molecule has 0 amide bonds. The number of nitriles is 1. The molecule has 1 aliphatic carbocycles. The molecule has 132 valence electrons. The van der Waals surface area contributed by atoms with Crippen molar-refractivity contribution < 1.29 is 5.11 Å². The Morgan fingerprint density at radius 1 is 1.24 bits per heavy atom. The first-order valence-corrected chi connectivity index (χ1v) is 8.84. The van der Waals surface area contributed by atoms with E-state index in [1.165, 1.54) is 12.8 Å². The highest BCUT2D eigenvalue weighted by Crippen LogP contribution is 2.41. The third kappa shape index (κ3) is 2.89. The van der Waals surface area contributed by atoms with E-state index < -0.39 is 0 Å². The third-order valence-corrected chi connectivity index (χ3v) is 5.30. The second-order valence-electron chi connectivity index (χ2n) is 6.84. The Bertz CT molecular complexity index is 841. The SMILES string of the molecule is Cc1nn(CCO)c(C)c1-c1c(C)c(C2CCCC2)nc(N)c1C#N. The molecule has 3 N–H and O–H groups in total. The maximum atomic E-state index is 9.70. The summed E-state index contributed by atoms with van der Waals surface area (Å²) in [5.74, 6) is 0.723. The largest absolute Gasteiger partial charge is 0.394 e. The summed E-state index contributed by atoms with van der Waals surface area (Å²) < 4.78 is 1.79. The summed E-state index contributed by atoms with van der Waals surface area (Å²) in [6, 6.07) is 2.24. The van der Waals surface area contributed by atoms with Gasteiger partial charge in [-0.25, -0.2) is 4.98 Å². The van der Waals surface area contributed by atoms with Crippen molar-refractivity contribution in [1.82, 2.24) is 14.8 Å². The number of nitrogens with zero attached hydrogens (tertiary/aromatic N) is 4. The van der Waals surface area contributed by atoms with Crippen molar-refractivity contribution in [3.8, 4) is 17.2 Å². The molecule has 3 rings (SSSR count). The number of aliphatic hydroxyl groups excluding tert-OH is 1. The highest BCUT2D eigenvalue weighted by atomic mass is 16.3. The van der Waals surface area contributed by atoms with Gasteiger partial charge in [0, 0.05) is 28.4 Å². The summed E-state index contributed by atoms with van der Waals surface area (Å²) in [7, 11) is 0. The summed E-state index contributed by atoms with van der Waals surface area (Å²) in [6.07, 6.45) is 4.68. The van der Waals surface area contributed by atoms with Gasteiger partial charge in [-0.05, 0) is 39.2 Å². The van der Waals surface area contributed by atoms with Gasteiger partial charge in [0.05, 0.1) is 18.8 Å². The van der Waals surface area contributed by atoms with Crippen molar-refractivity contribution in [3.63, 3.8) is 0 Å². The lowest BCUT2D eigenvalue weighted by atomic mass is 9.89. The van der Waals surface area contributed by atoms with E-state index in [0.717, 1.165) is 46.6 Å². The van der Waals surface area contributed by atoms with Crippen LogP contribution in [0.5, 0.6) is 0 Å². The molecule has 0 unspecified atom stereocenters. The first kappa shape index (κ1) is 17.4. The molecule has 0 aromatic carbocycles.